The first kappa shape index (κ1) is 95.1. The van der Waals surface area contributed by atoms with E-state index >= 15 is 0 Å². The van der Waals surface area contributed by atoms with Gasteiger partial charge in [0.2, 0.25) is 0 Å². The summed E-state index contributed by atoms with van der Waals surface area (Å²) in [5.74, 6) is -0.542. The fraction of sp³-hybridized carbons (Fsp3) is 0.949. The van der Waals surface area contributed by atoms with E-state index in [4.69, 9.17) is 37.0 Å². The Hall–Kier alpha value is -1.94. The van der Waals surface area contributed by atoms with Crippen molar-refractivity contribution >= 4 is 39.5 Å². The minimum atomic E-state index is -4.96. The van der Waals surface area contributed by atoms with Crippen molar-refractivity contribution in [1.82, 2.24) is 0 Å². The number of hydrogen-bond donors (Lipinski definition) is 3. The molecule has 2 unspecified atom stereocenters. The Morgan fingerprint density at radius 2 is 0.474 bits per heavy atom. The summed E-state index contributed by atoms with van der Waals surface area (Å²) >= 11 is 0. The van der Waals surface area contributed by atoms with Gasteiger partial charge in [0.05, 0.1) is 26.4 Å². The highest BCUT2D eigenvalue weighted by Gasteiger charge is 2.30. The fourth-order valence-electron chi connectivity index (χ4n) is 12.0. The molecule has 0 aliphatic rings. The van der Waals surface area contributed by atoms with Crippen LogP contribution in [0, 0.1) is 11.8 Å². The lowest BCUT2D eigenvalue weighted by atomic mass is 10.0. The molecule has 0 aromatic carbocycles. The summed E-state index contributed by atoms with van der Waals surface area (Å²) in [5, 5.41) is 10.6. The molecule has 3 N–H and O–H groups in total. The minimum Gasteiger partial charge on any atom is -0.462 e. The van der Waals surface area contributed by atoms with Crippen LogP contribution in [0.1, 0.15) is 408 Å². The van der Waals surface area contributed by atoms with Gasteiger partial charge in [-0.25, -0.2) is 9.13 Å². The van der Waals surface area contributed by atoms with Crippen molar-refractivity contribution in [3.8, 4) is 0 Å². The number of rotatable bonds is 77. The summed E-state index contributed by atoms with van der Waals surface area (Å²) < 4.78 is 68.5. The van der Waals surface area contributed by atoms with Crippen LogP contribution >= 0.6 is 15.6 Å². The molecule has 0 aliphatic carbocycles. The number of carbonyl (C=O) groups is 4. The fourth-order valence-corrected chi connectivity index (χ4v) is 13.6. The van der Waals surface area contributed by atoms with Crippen LogP contribution in [0.5, 0.6) is 0 Å². The molecule has 0 saturated heterocycles. The third kappa shape index (κ3) is 72.2. The second-order valence-electron chi connectivity index (χ2n) is 29.1. The van der Waals surface area contributed by atoms with Gasteiger partial charge < -0.3 is 33.8 Å². The first-order valence-corrected chi connectivity index (χ1v) is 43.5. The number of phosphoric ester groups is 2. The zero-order valence-corrected chi connectivity index (χ0v) is 65.2. The standard InChI is InChI=1S/C78H152O17P2/c1-7-9-11-13-15-16-17-18-19-20-24-27-32-37-43-49-55-61-76(81)89-67-74(95-77(82)62-56-50-44-38-33-28-25-22-21-23-26-30-35-41-46-52-58-70(3)4)69-93-97(86,87)91-65-72(79)64-90-96(84,85)92-68-73(66-88-75(80)60-54-48-40-14-12-10-8-2)94-78(83)63-57-51-45-39-34-29-31-36-42-47-53-59-71(5)6/h70-74,79H,7-69H2,1-6H3,(H,84,85)(H,86,87)/t72-,73+,74+/m0/s1. The maximum Gasteiger partial charge on any atom is 0.472 e. The predicted octanol–water partition coefficient (Wildman–Crippen LogP) is 23.1. The first-order valence-electron chi connectivity index (χ1n) is 40.5. The molecule has 0 bridgehead atoms. The third-order valence-corrected chi connectivity index (χ3v) is 20.1. The van der Waals surface area contributed by atoms with Crippen LogP contribution in [-0.2, 0) is 65.4 Å². The number of aliphatic hydroxyl groups excluding tert-OH is 1. The molecule has 0 amide bonds. The van der Waals surface area contributed by atoms with Gasteiger partial charge in [-0.1, -0.05) is 356 Å². The number of carbonyl (C=O) groups excluding carboxylic acids is 4. The van der Waals surface area contributed by atoms with Gasteiger partial charge in [0.1, 0.15) is 19.3 Å². The number of esters is 4. The van der Waals surface area contributed by atoms with E-state index in [1.54, 1.807) is 0 Å². The molecule has 0 radical (unpaired) electrons. The SMILES string of the molecule is CCCCCCCCCCCCCCCCCCCC(=O)OC[C@H](COP(=O)(O)OC[C@@H](O)COP(=O)(O)OC[C@@H](COC(=O)CCCCCCCCC)OC(=O)CCCCCCCCCCCCCC(C)C)OC(=O)CCCCCCCCCCCCCCCCCCC(C)C. The second kappa shape index (κ2) is 69.8. The Labute approximate surface area is 594 Å². The highest BCUT2D eigenvalue weighted by Crippen LogP contribution is 2.45. The van der Waals surface area contributed by atoms with E-state index < -0.39 is 97.5 Å². The van der Waals surface area contributed by atoms with Crippen LogP contribution in [0.3, 0.4) is 0 Å². The highest BCUT2D eigenvalue weighted by molar-refractivity contribution is 7.47. The molecule has 19 heteroatoms. The zero-order valence-electron chi connectivity index (χ0n) is 63.4. The number of ether oxygens (including phenoxy) is 4. The number of phosphoric acid groups is 2. The van der Waals surface area contributed by atoms with E-state index in [9.17, 15) is 43.2 Å². The minimum absolute atomic E-state index is 0.106. The largest absolute Gasteiger partial charge is 0.472 e. The van der Waals surface area contributed by atoms with Gasteiger partial charge in [0.25, 0.3) is 0 Å². The van der Waals surface area contributed by atoms with Gasteiger partial charge in [-0.3, -0.25) is 37.3 Å². The topological polar surface area (TPSA) is 237 Å². The average molecular weight is 1420 g/mol. The first-order chi connectivity index (χ1) is 46.9. The monoisotopic (exact) mass is 1420 g/mol. The molecule has 0 rings (SSSR count). The van der Waals surface area contributed by atoms with Crippen LogP contribution in [-0.4, -0.2) is 96.7 Å². The van der Waals surface area contributed by atoms with E-state index in [-0.39, 0.29) is 25.7 Å². The summed E-state index contributed by atoms with van der Waals surface area (Å²) in [6.07, 6.45) is 58.4. The summed E-state index contributed by atoms with van der Waals surface area (Å²) in [5.41, 5.74) is 0. The van der Waals surface area contributed by atoms with Crippen LogP contribution in [0.15, 0.2) is 0 Å². The molecule has 17 nitrogen and oxygen atoms in total. The maximum atomic E-state index is 13.1. The zero-order chi connectivity index (χ0) is 71.4. The van der Waals surface area contributed by atoms with Gasteiger partial charge >= 0.3 is 39.5 Å². The molecule has 0 fully saturated rings. The van der Waals surface area contributed by atoms with Gasteiger partial charge in [-0.05, 0) is 37.5 Å². The Kier molecular flexibility index (Phi) is 68.4. The molecule has 0 heterocycles. The average Bonchev–Trinajstić information content (AvgIpc) is 2.65. The molecular formula is C78H152O17P2. The molecule has 0 aliphatic heterocycles. The van der Waals surface area contributed by atoms with Crippen molar-refractivity contribution in [3.05, 3.63) is 0 Å². The van der Waals surface area contributed by atoms with Crippen molar-refractivity contribution < 1.29 is 80.2 Å². The Morgan fingerprint density at radius 3 is 0.701 bits per heavy atom. The maximum absolute atomic E-state index is 13.1. The van der Waals surface area contributed by atoms with Crippen LogP contribution in [0.25, 0.3) is 0 Å². The number of unbranched alkanes of at least 4 members (excludes halogenated alkanes) is 47. The Morgan fingerprint density at radius 1 is 0.278 bits per heavy atom. The van der Waals surface area contributed by atoms with Crippen molar-refractivity contribution in [2.45, 2.75) is 426 Å². The van der Waals surface area contributed by atoms with E-state index in [0.29, 0.717) is 25.7 Å². The summed E-state index contributed by atoms with van der Waals surface area (Å²) in [4.78, 5) is 72.8. The third-order valence-electron chi connectivity index (χ3n) is 18.2. The molecule has 0 aromatic rings. The van der Waals surface area contributed by atoms with Gasteiger partial charge in [0.15, 0.2) is 12.2 Å². The van der Waals surface area contributed by atoms with Crippen molar-refractivity contribution in [1.29, 1.82) is 0 Å². The predicted molar refractivity (Wildman–Crippen MR) is 395 cm³/mol. The van der Waals surface area contributed by atoms with Crippen LogP contribution < -0.4 is 0 Å². The lowest BCUT2D eigenvalue weighted by Gasteiger charge is -2.21. The van der Waals surface area contributed by atoms with Crippen LogP contribution in [0.4, 0.5) is 0 Å². The molecule has 576 valence electrons. The smallest absolute Gasteiger partial charge is 0.462 e. The van der Waals surface area contributed by atoms with Gasteiger partial charge in [0, 0.05) is 25.7 Å². The molecule has 5 atom stereocenters. The van der Waals surface area contributed by atoms with Crippen LogP contribution in [0.2, 0.25) is 0 Å². The summed E-state index contributed by atoms with van der Waals surface area (Å²) in [7, 11) is -9.91. The van der Waals surface area contributed by atoms with Crippen molar-refractivity contribution in [2.75, 3.05) is 39.6 Å². The quantitative estimate of drug-likeness (QED) is 0.0222. The second-order valence-corrected chi connectivity index (χ2v) is 32.0. The molecule has 97 heavy (non-hydrogen) atoms. The molecule has 0 aromatic heterocycles. The Balaban J connectivity index is 5.19. The van der Waals surface area contributed by atoms with E-state index in [1.165, 1.54) is 212 Å². The summed E-state index contributed by atoms with van der Waals surface area (Å²) in [6, 6.07) is 0. The molecular weight excluding hydrogens is 1270 g/mol. The van der Waals surface area contributed by atoms with Crippen molar-refractivity contribution in [3.63, 3.8) is 0 Å². The van der Waals surface area contributed by atoms with E-state index in [1.807, 2.05) is 0 Å². The van der Waals surface area contributed by atoms with Gasteiger partial charge in [-0.2, -0.15) is 0 Å². The van der Waals surface area contributed by atoms with E-state index in [2.05, 4.69) is 41.5 Å². The van der Waals surface area contributed by atoms with Gasteiger partial charge in [-0.15, -0.1) is 0 Å². The summed E-state index contributed by atoms with van der Waals surface area (Å²) in [6.45, 7) is 9.60. The number of hydrogen-bond acceptors (Lipinski definition) is 15. The number of aliphatic hydroxyl groups is 1. The van der Waals surface area contributed by atoms with Crippen molar-refractivity contribution in [2.24, 2.45) is 11.8 Å². The molecule has 0 spiro atoms. The highest BCUT2D eigenvalue weighted by atomic mass is 31.2. The lowest BCUT2D eigenvalue weighted by molar-refractivity contribution is -0.161. The Bertz CT molecular complexity index is 1870. The normalized spacial score (nSPS) is 14.0. The molecule has 0 saturated carbocycles. The lowest BCUT2D eigenvalue weighted by Crippen LogP contribution is -2.30. The van der Waals surface area contributed by atoms with E-state index in [0.717, 1.165) is 115 Å².